The number of hydrogen-bond donors (Lipinski definition) is 1. The van der Waals surface area contributed by atoms with Crippen LogP contribution in [0.1, 0.15) is 33.6 Å². The van der Waals surface area contributed by atoms with Gasteiger partial charge in [-0.2, -0.15) is 11.8 Å². The molecule has 90 valence electrons. The quantitative estimate of drug-likeness (QED) is 0.759. The molecule has 2 unspecified atom stereocenters. The molecule has 1 N–H and O–H groups in total. The van der Waals surface area contributed by atoms with E-state index < -0.39 is 0 Å². The van der Waals surface area contributed by atoms with E-state index in [1.165, 1.54) is 24.3 Å². The fourth-order valence-electron chi connectivity index (χ4n) is 1.80. The molecule has 0 amide bonds. The summed E-state index contributed by atoms with van der Waals surface area (Å²) in [5.41, 5.74) is 0. The molecule has 0 saturated carbocycles. The molecule has 0 aromatic carbocycles. The van der Waals surface area contributed by atoms with Gasteiger partial charge in [0.25, 0.3) is 0 Å². The van der Waals surface area contributed by atoms with E-state index >= 15 is 0 Å². The lowest BCUT2D eigenvalue weighted by atomic mass is 10.1. The lowest BCUT2D eigenvalue weighted by Gasteiger charge is -2.26. The molecule has 0 aliphatic carbocycles. The van der Waals surface area contributed by atoms with Crippen LogP contribution in [0.25, 0.3) is 0 Å². The van der Waals surface area contributed by atoms with E-state index in [-0.39, 0.29) is 0 Å². The first-order valence-corrected chi connectivity index (χ1v) is 7.25. The van der Waals surface area contributed by atoms with E-state index in [0.717, 1.165) is 19.1 Å². The van der Waals surface area contributed by atoms with Gasteiger partial charge in [0, 0.05) is 24.4 Å². The largest absolute Gasteiger partial charge is 0.380 e. The van der Waals surface area contributed by atoms with Gasteiger partial charge in [0.2, 0.25) is 0 Å². The van der Waals surface area contributed by atoms with Crippen LogP contribution in [0.15, 0.2) is 0 Å². The second-order valence-electron chi connectivity index (χ2n) is 4.91. The monoisotopic (exact) mass is 231 g/mol. The van der Waals surface area contributed by atoms with Crippen LogP contribution in [-0.4, -0.2) is 36.8 Å². The Hall–Kier alpha value is 0.270. The zero-order valence-electron chi connectivity index (χ0n) is 10.3. The van der Waals surface area contributed by atoms with Crippen LogP contribution in [-0.2, 0) is 4.74 Å². The maximum Gasteiger partial charge on any atom is 0.0619 e. The summed E-state index contributed by atoms with van der Waals surface area (Å²) < 4.78 is 5.46. The molecule has 15 heavy (non-hydrogen) atoms. The number of hydrogen-bond acceptors (Lipinski definition) is 3. The summed E-state index contributed by atoms with van der Waals surface area (Å²) in [6.07, 6.45) is 2.49. The molecule has 0 aromatic heterocycles. The predicted octanol–water partition coefficient (Wildman–Crippen LogP) is 2.53. The van der Waals surface area contributed by atoms with Gasteiger partial charge in [-0.3, -0.25) is 0 Å². The van der Waals surface area contributed by atoms with Crippen molar-refractivity contribution in [3.63, 3.8) is 0 Å². The van der Waals surface area contributed by atoms with Crippen molar-refractivity contribution in [3.8, 4) is 0 Å². The highest BCUT2D eigenvalue weighted by Crippen LogP contribution is 2.11. The second-order valence-corrected chi connectivity index (χ2v) is 5.99. The van der Waals surface area contributed by atoms with E-state index in [1.54, 1.807) is 0 Å². The Labute approximate surface area is 98.5 Å². The predicted molar refractivity (Wildman–Crippen MR) is 68.6 cm³/mol. The number of rotatable bonds is 6. The third-order valence-electron chi connectivity index (χ3n) is 2.50. The zero-order valence-corrected chi connectivity index (χ0v) is 11.1. The van der Waals surface area contributed by atoms with Gasteiger partial charge in [-0.1, -0.05) is 13.8 Å². The lowest BCUT2D eigenvalue weighted by molar-refractivity contribution is 0.0680. The van der Waals surface area contributed by atoms with Crippen molar-refractivity contribution in [2.45, 2.75) is 45.7 Å². The first-order valence-electron chi connectivity index (χ1n) is 6.10. The third-order valence-corrected chi connectivity index (χ3v) is 4.14. The van der Waals surface area contributed by atoms with Gasteiger partial charge in [-0.25, -0.2) is 0 Å². The molecule has 3 heteroatoms. The molecular weight excluding hydrogens is 206 g/mol. The fraction of sp³-hybridized carbons (Fsp3) is 1.00. The minimum absolute atomic E-state index is 0.591. The van der Waals surface area contributed by atoms with Gasteiger partial charge in [-0.15, -0.1) is 0 Å². The fourth-order valence-corrected chi connectivity index (χ4v) is 2.86. The molecule has 2 nitrogen and oxygen atoms in total. The van der Waals surface area contributed by atoms with Crippen LogP contribution in [0.5, 0.6) is 0 Å². The number of nitrogens with one attached hydrogen (secondary N) is 1. The maximum absolute atomic E-state index is 5.46. The van der Waals surface area contributed by atoms with Gasteiger partial charge >= 0.3 is 0 Å². The van der Waals surface area contributed by atoms with E-state index in [4.69, 9.17) is 4.74 Å². The topological polar surface area (TPSA) is 21.3 Å². The first kappa shape index (κ1) is 13.3. The summed E-state index contributed by atoms with van der Waals surface area (Å²) in [6.45, 7) is 8.69. The van der Waals surface area contributed by atoms with Crippen molar-refractivity contribution in [1.29, 1.82) is 0 Å². The molecule has 1 saturated heterocycles. The van der Waals surface area contributed by atoms with E-state index in [1.807, 2.05) is 0 Å². The molecule has 0 radical (unpaired) electrons. The second kappa shape index (κ2) is 7.53. The van der Waals surface area contributed by atoms with Gasteiger partial charge < -0.3 is 10.1 Å². The number of thioether (sulfide) groups is 1. The molecular formula is C12H25NOS. The summed E-state index contributed by atoms with van der Waals surface area (Å²) in [7, 11) is 0. The SMILES string of the molecule is CC(C)CSCC(C)NC1CCCOC1. The molecule has 1 aliphatic heterocycles. The van der Waals surface area contributed by atoms with Gasteiger partial charge in [0.1, 0.15) is 0 Å². The first-order chi connectivity index (χ1) is 7.18. The van der Waals surface area contributed by atoms with Gasteiger partial charge in [0.05, 0.1) is 6.61 Å². The Morgan fingerprint density at radius 2 is 2.13 bits per heavy atom. The lowest BCUT2D eigenvalue weighted by Crippen LogP contribution is -2.42. The molecule has 0 bridgehead atoms. The van der Waals surface area contributed by atoms with Crippen molar-refractivity contribution in [2.24, 2.45) is 5.92 Å². The minimum atomic E-state index is 0.591. The average Bonchev–Trinajstić information content (AvgIpc) is 2.18. The summed E-state index contributed by atoms with van der Waals surface area (Å²) in [4.78, 5) is 0. The highest BCUT2D eigenvalue weighted by molar-refractivity contribution is 7.99. The Bertz CT molecular complexity index is 158. The summed E-state index contributed by atoms with van der Waals surface area (Å²) >= 11 is 2.05. The standard InChI is InChI=1S/C12H25NOS/c1-10(2)8-15-9-11(3)13-12-5-4-6-14-7-12/h10-13H,4-9H2,1-3H3. The Morgan fingerprint density at radius 3 is 2.73 bits per heavy atom. The van der Waals surface area contributed by atoms with Gasteiger partial charge in [-0.05, 0) is 31.4 Å². The van der Waals surface area contributed by atoms with Crippen molar-refractivity contribution >= 4 is 11.8 Å². The summed E-state index contributed by atoms with van der Waals surface area (Å²) in [5, 5.41) is 3.65. The van der Waals surface area contributed by atoms with Crippen LogP contribution in [0.3, 0.4) is 0 Å². The smallest absolute Gasteiger partial charge is 0.0619 e. The zero-order chi connectivity index (χ0) is 11.1. The van der Waals surface area contributed by atoms with E-state index in [0.29, 0.717) is 12.1 Å². The molecule has 1 heterocycles. The minimum Gasteiger partial charge on any atom is -0.380 e. The number of ether oxygens (including phenoxy) is 1. The Morgan fingerprint density at radius 1 is 1.33 bits per heavy atom. The molecule has 0 aromatic rings. The van der Waals surface area contributed by atoms with Crippen LogP contribution < -0.4 is 5.32 Å². The summed E-state index contributed by atoms with van der Waals surface area (Å²) in [5.74, 6) is 3.29. The highest BCUT2D eigenvalue weighted by Gasteiger charge is 2.15. The van der Waals surface area contributed by atoms with Crippen molar-refractivity contribution < 1.29 is 4.74 Å². The molecule has 1 fully saturated rings. The van der Waals surface area contributed by atoms with E-state index in [2.05, 4.69) is 37.8 Å². The third kappa shape index (κ3) is 6.44. The van der Waals surface area contributed by atoms with Crippen LogP contribution >= 0.6 is 11.8 Å². The normalized spacial score (nSPS) is 24.4. The molecule has 0 spiro atoms. The van der Waals surface area contributed by atoms with E-state index in [9.17, 15) is 0 Å². The summed E-state index contributed by atoms with van der Waals surface area (Å²) in [6, 6.07) is 1.20. The van der Waals surface area contributed by atoms with Crippen molar-refractivity contribution in [3.05, 3.63) is 0 Å². The maximum atomic E-state index is 5.46. The van der Waals surface area contributed by atoms with Crippen LogP contribution in [0.4, 0.5) is 0 Å². The molecule has 1 rings (SSSR count). The molecule has 2 atom stereocenters. The van der Waals surface area contributed by atoms with Crippen molar-refractivity contribution in [2.75, 3.05) is 24.7 Å². The van der Waals surface area contributed by atoms with Crippen LogP contribution in [0, 0.1) is 5.92 Å². The highest BCUT2D eigenvalue weighted by atomic mass is 32.2. The average molecular weight is 231 g/mol. The van der Waals surface area contributed by atoms with Gasteiger partial charge in [0.15, 0.2) is 0 Å². The molecule has 1 aliphatic rings. The Kier molecular flexibility index (Phi) is 6.69. The van der Waals surface area contributed by atoms with Crippen LogP contribution in [0.2, 0.25) is 0 Å². The Balaban J connectivity index is 2.03. The van der Waals surface area contributed by atoms with Crippen molar-refractivity contribution in [1.82, 2.24) is 5.32 Å².